The van der Waals surface area contributed by atoms with Crippen LogP contribution < -0.4 is 20.3 Å². The number of amides is 3. The summed E-state index contributed by atoms with van der Waals surface area (Å²) in [6, 6.07) is 15.0. The average Bonchev–Trinajstić information content (AvgIpc) is 2.70. The molecule has 0 aromatic heterocycles. The number of anilines is 3. The number of carbonyl (C=O) groups excluding carboxylic acids is 2. The minimum absolute atomic E-state index is 0.112. The molecule has 0 bridgehead atoms. The van der Waals surface area contributed by atoms with E-state index in [1.54, 1.807) is 24.3 Å². The molecular formula is C21H26N4O3. The Kier molecular flexibility index (Phi) is 6.37. The Bertz CT molecular complexity index is 797. The molecule has 0 unspecified atom stereocenters. The third kappa shape index (κ3) is 5.16. The first kappa shape index (κ1) is 19.5. The fourth-order valence-corrected chi connectivity index (χ4v) is 3.13. The van der Waals surface area contributed by atoms with Crippen LogP contribution in [0, 0.1) is 0 Å². The van der Waals surface area contributed by atoms with Crippen molar-refractivity contribution in [3.8, 4) is 5.75 Å². The van der Waals surface area contributed by atoms with Crippen LogP contribution in [0.2, 0.25) is 0 Å². The summed E-state index contributed by atoms with van der Waals surface area (Å²) in [7, 11) is 0. The van der Waals surface area contributed by atoms with E-state index in [1.807, 2.05) is 24.0 Å². The monoisotopic (exact) mass is 382 g/mol. The van der Waals surface area contributed by atoms with Crippen LogP contribution in [0.4, 0.5) is 21.9 Å². The minimum Gasteiger partial charge on any atom is -0.494 e. The normalized spacial score (nSPS) is 13.8. The molecule has 148 valence electrons. The number of carbonyl (C=O) groups is 2. The molecule has 1 heterocycles. The van der Waals surface area contributed by atoms with E-state index in [4.69, 9.17) is 4.74 Å². The van der Waals surface area contributed by atoms with Gasteiger partial charge in [0.15, 0.2) is 0 Å². The maximum Gasteiger partial charge on any atom is 0.321 e. The van der Waals surface area contributed by atoms with E-state index < -0.39 is 0 Å². The van der Waals surface area contributed by atoms with Crippen LogP contribution in [0.1, 0.15) is 13.8 Å². The highest BCUT2D eigenvalue weighted by molar-refractivity contribution is 5.91. The summed E-state index contributed by atoms with van der Waals surface area (Å²) < 4.78 is 5.48. The van der Waals surface area contributed by atoms with Gasteiger partial charge in [-0.3, -0.25) is 4.79 Å². The summed E-state index contributed by atoms with van der Waals surface area (Å²) in [5.41, 5.74) is 2.54. The third-order valence-electron chi connectivity index (χ3n) is 4.54. The van der Waals surface area contributed by atoms with Crippen LogP contribution in [0.15, 0.2) is 48.5 Å². The second-order valence-corrected chi connectivity index (χ2v) is 6.59. The summed E-state index contributed by atoms with van der Waals surface area (Å²) in [5, 5.41) is 5.61. The number of hydrogen-bond acceptors (Lipinski definition) is 4. The van der Waals surface area contributed by atoms with Gasteiger partial charge >= 0.3 is 6.03 Å². The number of rotatable bonds is 5. The highest BCUT2D eigenvalue weighted by Gasteiger charge is 2.21. The van der Waals surface area contributed by atoms with Crippen molar-refractivity contribution in [2.45, 2.75) is 13.8 Å². The third-order valence-corrected chi connectivity index (χ3v) is 4.54. The van der Waals surface area contributed by atoms with Gasteiger partial charge in [-0.15, -0.1) is 0 Å². The predicted molar refractivity (Wildman–Crippen MR) is 111 cm³/mol. The number of hydrogen-bond donors (Lipinski definition) is 2. The lowest BCUT2D eigenvalue weighted by molar-refractivity contribution is -0.114. The predicted octanol–water partition coefficient (Wildman–Crippen LogP) is 3.40. The van der Waals surface area contributed by atoms with Gasteiger partial charge in [-0.05, 0) is 55.5 Å². The quantitative estimate of drug-likeness (QED) is 0.831. The van der Waals surface area contributed by atoms with Crippen molar-refractivity contribution in [2.75, 3.05) is 48.3 Å². The van der Waals surface area contributed by atoms with E-state index in [1.165, 1.54) is 6.92 Å². The molecule has 1 aliphatic rings. The summed E-state index contributed by atoms with van der Waals surface area (Å²) in [6.45, 7) is 6.96. The Morgan fingerprint density at radius 3 is 2.00 bits per heavy atom. The van der Waals surface area contributed by atoms with Crippen LogP contribution in [0.3, 0.4) is 0 Å². The first-order valence-electron chi connectivity index (χ1n) is 9.46. The summed E-state index contributed by atoms with van der Waals surface area (Å²) in [6.07, 6.45) is 0. The Morgan fingerprint density at radius 1 is 0.893 bits per heavy atom. The summed E-state index contributed by atoms with van der Waals surface area (Å²) in [4.78, 5) is 27.6. The number of piperazine rings is 1. The lowest BCUT2D eigenvalue weighted by atomic mass is 10.2. The number of urea groups is 1. The molecule has 7 heteroatoms. The lowest BCUT2D eigenvalue weighted by Crippen LogP contribution is -2.50. The van der Waals surface area contributed by atoms with Crippen molar-refractivity contribution in [2.24, 2.45) is 0 Å². The number of ether oxygens (including phenoxy) is 1. The Balaban J connectivity index is 1.50. The fourth-order valence-electron chi connectivity index (χ4n) is 3.13. The SMILES string of the molecule is CCOc1ccc(N2CCN(C(=O)Nc3ccc(NC(C)=O)cc3)CC2)cc1. The Labute approximate surface area is 165 Å². The fraction of sp³-hybridized carbons (Fsp3) is 0.333. The molecule has 0 saturated carbocycles. The molecule has 1 aliphatic heterocycles. The van der Waals surface area contributed by atoms with Crippen LogP contribution in [0.25, 0.3) is 0 Å². The second-order valence-electron chi connectivity index (χ2n) is 6.59. The van der Waals surface area contributed by atoms with E-state index >= 15 is 0 Å². The van der Waals surface area contributed by atoms with Crippen molar-refractivity contribution < 1.29 is 14.3 Å². The van der Waals surface area contributed by atoms with Crippen molar-refractivity contribution in [1.29, 1.82) is 0 Å². The minimum atomic E-state index is -0.123. The first-order valence-corrected chi connectivity index (χ1v) is 9.46. The number of nitrogens with zero attached hydrogens (tertiary/aromatic N) is 2. The van der Waals surface area contributed by atoms with E-state index in [0.29, 0.717) is 31.1 Å². The molecule has 3 rings (SSSR count). The molecule has 2 aromatic carbocycles. The van der Waals surface area contributed by atoms with E-state index in [0.717, 1.165) is 24.5 Å². The molecule has 3 amide bonds. The summed E-state index contributed by atoms with van der Waals surface area (Å²) in [5.74, 6) is 0.746. The maximum absolute atomic E-state index is 12.5. The van der Waals surface area contributed by atoms with Crippen LogP contribution >= 0.6 is 0 Å². The molecule has 0 aliphatic carbocycles. The van der Waals surface area contributed by atoms with Gasteiger partial charge in [0.1, 0.15) is 5.75 Å². The van der Waals surface area contributed by atoms with E-state index in [-0.39, 0.29) is 11.9 Å². The highest BCUT2D eigenvalue weighted by atomic mass is 16.5. The largest absolute Gasteiger partial charge is 0.494 e. The molecule has 0 atom stereocenters. The van der Waals surface area contributed by atoms with Gasteiger partial charge in [0.2, 0.25) is 5.91 Å². The molecule has 2 N–H and O–H groups in total. The zero-order chi connectivity index (χ0) is 19.9. The van der Waals surface area contributed by atoms with Gasteiger partial charge in [0.25, 0.3) is 0 Å². The topological polar surface area (TPSA) is 73.9 Å². The van der Waals surface area contributed by atoms with Crippen molar-refractivity contribution in [3.63, 3.8) is 0 Å². The van der Waals surface area contributed by atoms with Crippen LogP contribution in [-0.4, -0.2) is 49.6 Å². The van der Waals surface area contributed by atoms with Crippen LogP contribution in [0.5, 0.6) is 5.75 Å². The van der Waals surface area contributed by atoms with Crippen molar-refractivity contribution in [3.05, 3.63) is 48.5 Å². The summed E-state index contributed by atoms with van der Waals surface area (Å²) >= 11 is 0. The Hall–Kier alpha value is -3.22. The molecular weight excluding hydrogens is 356 g/mol. The van der Waals surface area contributed by atoms with Gasteiger partial charge in [0.05, 0.1) is 6.61 Å². The smallest absolute Gasteiger partial charge is 0.321 e. The molecule has 2 aromatic rings. The maximum atomic E-state index is 12.5. The zero-order valence-electron chi connectivity index (χ0n) is 16.3. The van der Waals surface area contributed by atoms with Gasteiger partial charge in [-0.2, -0.15) is 0 Å². The van der Waals surface area contributed by atoms with Crippen LogP contribution in [-0.2, 0) is 4.79 Å². The highest BCUT2D eigenvalue weighted by Crippen LogP contribution is 2.21. The lowest BCUT2D eigenvalue weighted by Gasteiger charge is -2.36. The molecule has 0 radical (unpaired) electrons. The molecule has 0 spiro atoms. The van der Waals surface area contributed by atoms with Gasteiger partial charge < -0.3 is 25.2 Å². The first-order chi connectivity index (χ1) is 13.5. The van der Waals surface area contributed by atoms with Crippen molar-refractivity contribution in [1.82, 2.24) is 4.90 Å². The molecule has 7 nitrogen and oxygen atoms in total. The molecule has 28 heavy (non-hydrogen) atoms. The standard InChI is InChI=1S/C21H26N4O3/c1-3-28-20-10-8-19(9-11-20)24-12-14-25(15-13-24)21(27)23-18-6-4-17(5-7-18)22-16(2)26/h4-11H,3,12-15H2,1-2H3,(H,22,26)(H,23,27). The second kappa shape index (κ2) is 9.12. The zero-order valence-corrected chi connectivity index (χ0v) is 16.3. The molecule has 1 saturated heterocycles. The van der Waals surface area contributed by atoms with E-state index in [9.17, 15) is 9.59 Å². The number of benzene rings is 2. The Morgan fingerprint density at radius 2 is 1.46 bits per heavy atom. The number of nitrogens with one attached hydrogen (secondary N) is 2. The van der Waals surface area contributed by atoms with Gasteiger partial charge in [-0.1, -0.05) is 0 Å². The average molecular weight is 382 g/mol. The van der Waals surface area contributed by atoms with Crippen molar-refractivity contribution >= 4 is 29.0 Å². The molecule has 1 fully saturated rings. The van der Waals surface area contributed by atoms with Gasteiger partial charge in [-0.25, -0.2) is 4.79 Å². The van der Waals surface area contributed by atoms with Gasteiger partial charge in [0, 0.05) is 50.2 Å². The van der Waals surface area contributed by atoms with E-state index in [2.05, 4.69) is 27.7 Å².